The lowest BCUT2D eigenvalue weighted by molar-refractivity contribution is 0.304. The van der Waals surface area contributed by atoms with Gasteiger partial charge < -0.3 is 5.73 Å². The highest BCUT2D eigenvalue weighted by Gasteiger charge is 2.28. The second kappa shape index (κ2) is 6.70. The van der Waals surface area contributed by atoms with Gasteiger partial charge in [0.1, 0.15) is 0 Å². The minimum atomic E-state index is -3.52. The minimum absolute atomic E-state index is 0.218. The van der Waals surface area contributed by atoms with Crippen LogP contribution in [0.3, 0.4) is 0 Å². The topological polar surface area (TPSA) is 72.2 Å². The molecule has 1 aromatic carbocycles. The lowest BCUT2D eigenvalue weighted by Crippen LogP contribution is -2.48. The molecule has 0 aliphatic carbocycles. The van der Waals surface area contributed by atoms with Crippen molar-refractivity contribution >= 4 is 10.0 Å². The van der Waals surface area contributed by atoms with E-state index < -0.39 is 10.0 Å². The number of rotatable bonds is 6. The zero-order valence-corrected chi connectivity index (χ0v) is 13.6. The molecule has 20 heavy (non-hydrogen) atoms. The van der Waals surface area contributed by atoms with Gasteiger partial charge in [0.05, 0.1) is 4.90 Å². The Morgan fingerprint density at radius 3 is 2.15 bits per heavy atom. The van der Waals surface area contributed by atoms with Crippen LogP contribution in [0.1, 0.15) is 39.7 Å². The van der Waals surface area contributed by atoms with Crippen molar-refractivity contribution in [2.24, 2.45) is 11.1 Å². The summed E-state index contributed by atoms with van der Waals surface area (Å²) >= 11 is 0. The standard InChI is InChI=1S/C15H26N2O2S/c1-5-6-12-7-9-13(10-8-12)20(18,19)17-14(11-16)15(2,3)4/h7-10,14,17H,5-6,11,16H2,1-4H3. The first-order valence-corrected chi connectivity index (χ1v) is 8.50. The number of nitrogens with two attached hydrogens (primary N) is 1. The molecule has 1 rings (SSSR count). The van der Waals surface area contributed by atoms with Gasteiger partial charge in [-0.25, -0.2) is 13.1 Å². The van der Waals surface area contributed by atoms with Crippen LogP contribution in [0.4, 0.5) is 0 Å². The molecule has 0 saturated carbocycles. The Kier molecular flexibility index (Phi) is 5.74. The van der Waals surface area contributed by atoms with E-state index >= 15 is 0 Å². The molecule has 0 aliphatic rings. The monoisotopic (exact) mass is 298 g/mol. The van der Waals surface area contributed by atoms with Gasteiger partial charge in [-0.2, -0.15) is 0 Å². The molecular weight excluding hydrogens is 272 g/mol. The number of aryl methyl sites for hydroxylation is 1. The lowest BCUT2D eigenvalue weighted by atomic mass is 9.88. The van der Waals surface area contributed by atoms with Gasteiger partial charge in [-0.05, 0) is 29.5 Å². The molecule has 0 radical (unpaired) electrons. The second-order valence-electron chi connectivity index (χ2n) is 6.17. The Morgan fingerprint density at radius 2 is 1.75 bits per heavy atom. The highest BCUT2D eigenvalue weighted by molar-refractivity contribution is 7.89. The first kappa shape index (κ1) is 17.1. The van der Waals surface area contributed by atoms with E-state index in [-0.39, 0.29) is 18.0 Å². The molecule has 1 aromatic rings. The van der Waals surface area contributed by atoms with Gasteiger partial charge >= 0.3 is 0 Å². The van der Waals surface area contributed by atoms with Crippen LogP contribution in [-0.4, -0.2) is 21.0 Å². The molecular formula is C15H26N2O2S. The maximum absolute atomic E-state index is 12.4. The fourth-order valence-electron chi connectivity index (χ4n) is 1.96. The van der Waals surface area contributed by atoms with Crippen molar-refractivity contribution in [1.82, 2.24) is 4.72 Å². The number of hydrogen-bond acceptors (Lipinski definition) is 3. The van der Waals surface area contributed by atoms with E-state index in [0.29, 0.717) is 4.90 Å². The average Bonchev–Trinajstić information content (AvgIpc) is 2.36. The average molecular weight is 298 g/mol. The highest BCUT2D eigenvalue weighted by Crippen LogP contribution is 2.21. The molecule has 1 unspecified atom stereocenters. The third-order valence-corrected chi connectivity index (χ3v) is 4.84. The van der Waals surface area contributed by atoms with Crippen LogP contribution in [0.5, 0.6) is 0 Å². The number of hydrogen-bond donors (Lipinski definition) is 2. The largest absolute Gasteiger partial charge is 0.329 e. The summed E-state index contributed by atoms with van der Waals surface area (Å²) in [5.41, 5.74) is 6.61. The Labute approximate surface area is 122 Å². The van der Waals surface area contributed by atoms with Crippen LogP contribution in [0.2, 0.25) is 0 Å². The molecule has 5 heteroatoms. The van der Waals surface area contributed by atoms with E-state index in [1.54, 1.807) is 12.1 Å². The predicted molar refractivity (Wildman–Crippen MR) is 83.1 cm³/mol. The summed E-state index contributed by atoms with van der Waals surface area (Å²) in [5.74, 6) is 0. The lowest BCUT2D eigenvalue weighted by Gasteiger charge is -2.30. The third kappa shape index (κ3) is 4.58. The highest BCUT2D eigenvalue weighted by atomic mass is 32.2. The molecule has 0 aliphatic heterocycles. The van der Waals surface area contributed by atoms with Crippen LogP contribution in [0.15, 0.2) is 29.2 Å². The third-order valence-electron chi connectivity index (χ3n) is 3.35. The summed E-state index contributed by atoms with van der Waals surface area (Å²) in [5, 5.41) is 0. The van der Waals surface area contributed by atoms with Crippen LogP contribution in [-0.2, 0) is 16.4 Å². The Balaban J connectivity index is 2.93. The Hall–Kier alpha value is -0.910. The second-order valence-corrected chi connectivity index (χ2v) is 7.88. The molecule has 0 spiro atoms. The minimum Gasteiger partial charge on any atom is -0.329 e. The number of sulfonamides is 1. The van der Waals surface area contributed by atoms with E-state index in [0.717, 1.165) is 18.4 Å². The van der Waals surface area contributed by atoms with Crippen molar-refractivity contribution in [3.05, 3.63) is 29.8 Å². The Morgan fingerprint density at radius 1 is 1.20 bits per heavy atom. The zero-order chi connectivity index (χ0) is 15.4. The summed E-state index contributed by atoms with van der Waals surface area (Å²) in [7, 11) is -3.52. The van der Waals surface area contributed by atoms with Crippen LogP contribution >= 0.6 is 0 Å². The first-order valence-electron chi connectivity index (χ1n) is 7.02. The summed E-state index contributed by atoms with van der Waals surface area (Å²) in [6, 6.07) is 6.76. The fraction of sp³-hybridized carbons (Fsp3) is 0.600. The van der Waals surface area contributed by atoms with E-state index in [2.05, 4.69) is 11.6 Å². The van der Waals surface area contributed by atoms with Gasteiger partial charge in [0, 0.05) is 12.6 Å². The van der Waals surface area contributed by atoms with Gasteiger partial charge in [0.2, 0.25) is 10.0 Å². The molecule has 0 bridgehead atoms. The van der Waals surface area contributed by atoms with Gasteiger partial charge in [-0.15, -0.1) is 0 Å². The van der Waals surface area contributed by atoms with Gasteiger partial charge in [0.25, 0.3) is 0 Å². The van der Waals surface area contributed by atoms with E-state index in [4.69, 9.17) is 5.73 Å². The Bertz CT molecular complexity index is 516. The van der Waals surface area contributed by atoms with Crippen molar-refractivity contribution in [3.63, 3.8) is 0 Å². The summed E-state index contributed by atoms with van der Waals surface area (Å²) in [6.45, 7) is 8.28. The molecule has 4 nitrogen and oxygen atoms in total. The van der Waals surface area contributed by atoms with Crippen LogP contribution in [0.25, 0.3) is 0 Å². The normalized spacial score (nSPS) is 14.2. The van der Waals surface area contributed by atoms with E-state index in [1.165, 1.54) is 0 Å². The predicted octanol–water partition coefficient (Wildman–Crippen LogP) is 2.29. The first-order chi connectivity index (χ1) is 9.20. The quantitative estimate of drug-likeness (QED) is 0.846. The van der Waals surface area contributed by atoms with Crippen molar-refractivity contribution < 1.29 is 8.42 Å². The smallest absolute Gasteiger partial charge is 0.240 e. The maximum atomic E-state index is 12.4. The molecule has 1 atom stereocenters. The molecule has 0 amide bonds. The molecule has 0 aromatic heterocycles. The zero-order valence-electron chi connectivity index (χ0n) is 12.8. The fourth-order valence-corrected chi connectivity index (χ4v) is 3.41. The molecule has 0 saturated heterocycles. The summed E-state index contributed by atoms with van der Waals surface area (Å²) in [4.78, 5) is 0.292. The van der Waals surface area contributed by atoms with Crippen LogP contribution in [0, 0.1) is 5.41 Å². The van der Waals surface area contributed by atoms with Gasteiger partial charge in [0.15, 0.2) is 0 Å². The molecule has 0 fully saturated rings. The van der Waals surface area contributed by atoms with Crippen molar-refractivity contribution in [3.8, 4) is 0 Å². The van der Waals surface area contributed by atoms with Crippen LogP contribution < -0.4 is 10.5 Å². The van der Waals surface area contributed by atoms with Crippen molar-refractivity contribution in [2.45, 2.75) is 51.5 Å². The van der Waals surface area contributed by atoms with E-state index in [9.17, 15) is 8.42 Å². The molecule has 0 heterocycles. The van der Waals surface area contributed by atoms with Crippen molar-refractivity contribution in [2.75, 3.05) is 6.54 Å². The van der Waals surface area contributed by atoms with Gasteiger partial charge in [-0.1, -0.05) is 46.2 Å². The number of nitrogens with one attached hydrogen (secondary N) is 1. The summed E-state index contributed by atoms with van der Waals surface area (Å²) in [6.07, 6.45) is 2.00. The van der Waals surface area contributed by atoms with E-state index in [1.807, 2.05) is 32.9 Å². The molecule has 3 N–H and O–H groups in total. The summed E-state index contributed by atoms with van der Waals surface area (Å²) < 4.78 is 27.4. The SMILES string of the molecule is CCCc1ccc(S(=O)(=O)NC(CN)C(C)(C)C)cc1. The number of benzene rings is 1. The van der Waals surface area contributed by atoms with Gasteiger partial charge in [-0.3, -0.25) is 0 Å². The maximum Gasteiger partial charge on any atom is 0.240 e. The van der Waals surface area contributed by atoms with Crippen molar-refractivity contribution in [1.29, 1.82) is 0 Å². The molecule has 114 valence electrons.